The van der Waals surface area contributed by atoms with Crippen LogP contribution in [0, 0.1) is 0 Å². The highest BCUT2D eigenvalue weighted by atomic mass is 15.0. The number of para-hydroxylation sites is 1. The highest BCUT2D eigenvalue weighted by Crippen LogP contribution is 2.39. The molecule has 0 N–H and O–H groups in total. The lowest BCUT2D eigenvalue weighted by atomic mass is 10.0. The minimum atomic E-state index is 0.642. The van der Waals surface area contributed by atoms with Gasteiger partial charge in [-0.1, -0.05) is 152 Å². The average molecular weight is 651 g/mol. The van der Waals surface area contributed by atoms with Gasteiger partial charge in [-0.15, -0.1) is 0 Å². The average Bonchev–Trinajstić information content (AvgIpc) is 3.54. The number of nitrogens with zero attached hydrogens (tertiary/aromatic N) is 4. The molecule has 4 heteroatoms. The zero-order valence-corrected chi connectivity index (χ0v) is 27.6. The Bertz CT molecular complexity index is 2910. The van der Waals surface area contributed by atoms with Crippen molar-refractivity contribution >= 4 is 43.4 Å². The van der Waals surface area contributed by atoms with Crippen molar-refractivity contribution < 1.29 is 0 Å². The van der Waals surface area contributed by atoms with Gasteiger partial charge in [0.15, 0.2) is 17.5 Å². The molecule has 238 valence electrons. The zero-order chi connectivity index (χ0) is 33.7. The van der Waals surface area contributed by atoms with E-state index in [-0.39, 0.29) is 0 Å². The Morgan fingerprint density at radius 1 is 0.314 bits per heavy atom. The van der Waals surface area contributed by atoms with E-state index in [2.05, 4.69) is 168 Å². The predicted molar refractivity (Wildman–Crippen MR) is 211 cm³/mol. The third-order valence-corrected chi connectivity index (χ3v) is 9.84. The maximum atomic E-state index is 5.16. The summed E-state index contributed by atoms with van der Waals surface area (Å²) >= 11 is 0. The highest BCUT2D eigenvalue weighted by Gasteiger charge is 2.19. The summed E-state index contributed by atoms with van der Waals surface area (Å²) in [6.45, 7) is 0. The monoisotopic (exact) mass is 650 g/mol. The summed E-state index contributed by atoms with van der Waals surface area (Å²) in [5.41, 5.74) is 8.69. The molecule has 2 aromatic heterocycles. The summed E-state index contributed by atoms with van der Waals surface area (Å²) in [4.78, 5) is 15.3. The Hall–Kier alpha value is -6.91. The van der Waals surface area contributed by atoms with Crippen LogP contribution in [0.5, 0.6) is 0 Å². The third-order valence-electron chi connectivity index (χ3n) is 9.84. The van der Waals surface area contributed by atoms with Crippen LogP contribution in [0.1, 0.15) is 0 Å². The molecular formula is C47H30N4. The molecule has 0 aliphatic rings. The van der Waals surface area contributed by atoms with Crippen molar-refractivity contribution in [3.63, 3.8) is 0 Å². The highest BCUT2D eigenvalue weighted by molar-refractivity contribution is 6.12. The van der Waals surface area contributed by atoms with Crippen molar-refractivity contribution in [3.05, 3.63) is 182 Å². The molecule has 0 amide bonds. The van der Waals surface area contributed by atoms with Crippen LogP contribution in [-0.2, 0) is 0 Å². The first-order valence-electron chi connectivity index (χ1n) is 17.2. The summed E-state index contributed by atoms with van der Waals surface area (Å²) in [6.07, 6.45) is 0. The van der Waals surface area contributed by atoms with Gasteiger partial charge in [-0.25, -0.2) is 15.0 Å². The largest absolute Gasteiger partial charge is 0.309 e. The number of fused-ring (bicyclic) bond motifs is 5. The molecule has 0 fully saturated rings. The first-order valence-corrected chi connectivity index (χ1v) is 17.2. The van der Waals surface area contributed by atoms with E-state index in [1.54, 1.807) is 0 Å². The van der Waals surface area contributed by atoms with Gasteiger partial charge in [-0.05, 0) is 57.6 Å². The lowest BCUT2D eigenvalue weighted by molar-refractivity contribution is 1.08. The van der Waals surface area contributed by atoms with E-state index in [0.29, 0.717) is 17.5 Å². The van der Waals surface area contributed by atoms with Crippen LogP contribution in [0.25, 0.3) is 94.3 Å². The molecule has 0 atom stereocenters. The fraction of sp³-hybridized carbons (Fsp3) is 0. The van der Waals surface area contributed by atoms with Gasteiger partial charge in [0, 0.05) is 32.8 Å². The maximum Gasteiger partial charge on any atom is 0.164 e. The molecule has 4 nitrogen and oxygen atoms in total. The third kappa shape index (κ3) is 4.96. The Labute approximate surface area is 295 Å². The maximum absolute atomic E-state index is 5.16. The van der Waals surface area contributed by atoms with Crippen LogP contribution in [0.15, 0.2) is 182 Å². The number of rotatable bonds is 5. The molecule has 0 saturated heterocycles. The lowest BCUT2D eigenvalue weighted by Crippen LogP contribution is -2.02. The predicted octanol–water partition coefficient (Wildman–Crippen LogP) is 11.9. The zero-order valence-electron chi connectivity index (χ0n) is 27.6. The Kier molecular flexibility index (Phi) is 6.78. The summed E-state index contributed by atoms with van der Waals surface area (Å²) in [5, 5.41) is 6.98. The van der Waals surface area contributed by atoms with E-state index in [0.717, 1.165) is 38.5 Å². The number of benzene rings is 8. The molecule has 8 aromatic carbocycles. The van der Waals surface area contributed by atoms with E-state index in [4.69, 9.17) is 15.0 Å². The first-order chi connectivity index (χ1) is 25.3. The van der Waals surface area contributed by atoms with E-state index < -0.39 is 0 Å². The van der Waals surface area contributed by atoms with Crippen molar-refractivity contribution in [2.75, 3.05) is 0 Å². The second-order valence-electron chi connectivity index (χ2n) is 12.9. The quantitative estimate of drug-likeness (QED) is 0.186. The molecule has 0 bridgehead atoms. The fourth-order valence-electron chi connectivity index (χ4n) is 7.38. The SMILES string of the molecule is c1ccc(-c2ccc3c4ccccc4n(-c4ccc(-c5nc(-c6ccccc6)nc(-c6ccc7ccccc7c6)n5)c5ccccc45)c3c2)cc1. The molecule has 10 aromatic rings. The molecule has 0 radical (unpaired) electrons. The van der Waals surface area contributed by atoms with Gasteiger partial charge in [0.25, 0.3) is 0 Å². The molecule has 51 heavy (non-hydrogen) atoms. The lowest BCUT2D eigenvalue weighted by Gasteiger charge is -2.15. The second kappa shape index (κ2) is 11.9. The molecule has 0 spiro atoms. The van der Waals surface area contributed by atoms with Crippen molar-refractivity contribution in [2.45, 2.75) is 0 Å². The smallest absolute Gasteiger partial charge is 0.164 e. The number of hydrogen-bond donors (Lipinski definition) is 0. The number of aromatic nitrogens is 4. The Morgan fingerprint density at radius 2 is 0.902 bits per heavy atom. The van der Waals surface area contributed by atoms with Gasteiger partial charge in [0.2, 0.25) is 0 Å². The molecule has 2 heterocycles. The topological polar surface area (TPSA) is 43.6 Å². The molecule has 0 unspecified atom stereocenters. The van der Waals surface area contributed by atoms with Crippen LogP contribution in [0.3, 0.4) is 0 Å². The summed E-state index contributed by atoms with van der Waals surface area (Å²) in [7, 11) is 0. The van der Waals surface area contributed by atoms with Crippen molar-refractivity contribution in [3.8, 4) is 51.0 Å². The van der Waals surface area contributed by atoms with Crippen molar-refractivity contribution in [1.29, 1.82) is 0 Å². The Morgan fingerprint density at radius 3 is 1.71 bits per heavy atom. The van der Waals surface area contributed by atoms with E-state index in [1.165, 1.54) is 38.3 Å². The molecule has 0 aliphatic heterocycles. The van der Waals surface area contributed by atoms with Gasteiger partial charge in [-0.2, -0.15) is 0 Å². The summed E-state index contributed by atoms with van der Waals surface area (Å²) in [5.74, 6) is 1.93. The summed E-state index contributed by atoms with van der Waals surface area (Å²) in [6, 6.07) is 64.0. The fourth-order valence-corrected chi connectivity index (χ4v) is 7.38. The van der Waals surface area contributed by atoms with Gasteiger partial charge in [0.1, 0.15) is 0 Å². The second-order valence-corrected chi connectivity index (χ2v) is 12.9. The number of hydrogen-bond acceptors (Lipinski definition) is 3. The minimum Gasteiger partial charge on any atom is -0.309 e. The van der Waals surface area contributed by atoms with Crippen molar-refractivity contribution in [2.24, 2.45) is 0 Å². The minimum absolute atomic E-state index is 0.642. The molecule has 0 saturated carbocycles. The van der Waals surface area contributed by atoms with Gasteiger partial charge in [-0.3, -0.25) is 0 Å². The van der Waals surface area contributed by atoms with Gasteiger partial charge >= 0.3 is 0 Å². The first kappa shape index (κ1) is 29.0. The van der Waals surface area contributed by atoms with E-state index in [9.17, 15) is 0 Å². The normalized spacial score (nSPS) is 11.5. The van der Waals surface area contributed by atoms with Crippen LogP contribution in [-0.4, -0.2) is 19.5 Å². The molecule has 0 aliphatic carbocycles. The van der Waals surface area contributed by atoms with Crippen LogP contribution in [0.2, 0.25) is 0 Å². The van der Waals surface area contributed by atoms with Crippen LogP contribution >= 0.6 is 0 Å². The van der Waals surface area contributed by atoms with Gasteiger partial charge < -0.3 is 4.57 Å². The van der Waals surface area contributed by atoms with E-state index in [1.807, 2.05) is 18.2 Å². The molecular weight excluding hydrogens is 621 g/mol. The van der Waals surface area contributed by atoms with Crippen LogP contribution < -0.4 is 0 Å². The molecule has 10 rings (SSSR count). The van der Waals surface area contributed by atoms with Crippen molar-refractivity contribution in [1.82, 2.24) is 19.5 Å². The van der Waals surface area contributed by atoms with E-state index >= 15 is 0 Å². The van der Waals surface area contributed by atoms with Gasteiger partial charge in [0.05, 0.1) is 16.7 Å². The standard InChI is InChI=1S/C47H30N4/c1-3-13-31(14-4-1)35-25-26-40-39-21-11-12-22-42(39)51(44(40)30-35)43-28-27-41(37-19-9-10-20-38(37)43)47-49-45(33-16-5-2-6-17-33)48-46(50-47)36-24-23-32-15-7-8-18-34(32)29-36/h1-30H. The van der Waals surface area contributed by atoms with Crippen LogP contribution in [0.4, 0.5) is 0 Å². The Balaban J connectivity index is 1.21. The summed E-state index contributed by atoms with van der Waals surface area (Å²) < 4.78 is 2.41.